The molecule has 0 spiro atoms. The Balaban J connectivity index is 2.91. The molecule has 1 rings (SSSR count). The summed E-state index contributed by atoms with van der Waals surface area (Å²) in [5, 5.41) is 14.1. The number of rotatable bonds is 2. The van der Waals surface area contributed by atoms with Crippen LogP contribution >= 0.6 is 0 Å². The summed E-state index contributed by atoms with van der Waals surface area (Å²) in [6, 6.07) is 6.08. The molecule has 0 saturated heterocycles. The maximum Gasteiger partial charge on any atom is 0.108 e. The highest BCUT2D eigenvalue weighted by molar-refractivity contribution is 5.52. The molecule has 11 heavy (non-hydrogen) atoms. The van der Waals surface area contributed by atoms with E-state index in [9.17, 15) is 10.1 Å². The van der Waals surface area contributed by atoms with Crippen LogP contribution in [0.1, 0.15) is 0 Å². The Morgan fingerprint density at radius 2 is 1.91 bits per heavy atom. The Bertz CT molecular complexity index is 243. The molecule has 4 heteroatoms. The number of benzene rings is 1. The lowest BCUT2D eigenvalue weighted by molar-refractivity contribution is 1.22. The Morgan fingerprint density at radius 3 is 2.27 bits per heavy atom. The van der Waals surface area contributed by atoms with Crippen LogP contribution in [0, 0.1) is 10.1 Å². The van der Waals surface area contributed by atoms with Gasteiger partial charge in [-0.25, -0.2) is 0 Å². The third kappa shape index (κ3) is 1.75. The van der Waals surface area contributed by atoms with Crippen molar-refractivity contribution in [2.24, 2.45) is 5.18 Å². The van der Waals surface area contributed by atoms with Crippen molar-refractivity contribution in [3.8, 4) is 0 Å². The van der Waals surface area contributed by atoms with Crippen molar-refractivity contribution in [3.63, 3.8) is 0 Å². The fourth-order valence-electron chi connectivity index (χ4n) is 0.723. The fraction of sp³-hybridized carbons (Fsp3) is 0.143. The summed E-state index contributed by atoms with van der Waals surface area (Å²) < 4.78 is 0. The Kier molecular flexibility index (Phi) is 2.18. The lowest BCUT2D eigenvalue weighted by atomic mass is 10.3. The van der Waals surface area contributed by atoms with Gasteiger partial charge >= 0.3 is 0 Å². The number of nitroso groups, excluding NO2 is 1. The Labute approximate surface area is 64.0 Å². The molecule has 0 saturated carbocycles. The molecular formula is C7H7N2O2-. The fourth-order valence-corrected chi connectivity index (χ4v) is 0.723. The van der Waals surface area contributed by atoms with Gasteiger partial charge in [0, 0.05) is 5.69 Å². The van der Waals surface area contributed by atoms with E-state index in [1.165, 1.54) is 19.2 Å². The predicted octanol–water partition coefficient (Wildman–Crippen LogP) is 2.02. The minimum atomic E-state index is 0.329. The SMILES string of the molecule is CN([O-])c1ccc(N=O)cc1. The average molecular weight is 151 g/mol. The Morgan fingerprint density at radius 1 is 1.36 bits per heavy atom. The van der Waals surface area contributed by atoms with Crippen molar-refractivity contribution in [2.45, 2.75) is 0 Å². The van der Waals surface area contributed by atoms with Gasteiger partial charge in [-0.1, -0.05) is 0 Å². The highest BCUT2D eigenvalue weighted by Gasteiger charge is 1.91. The maximum absolute atomic E-state index is 10.7. The molecule has 0 aliphatic heterocycles. The van der Waals surface area contributed by atoms with E-state index in [1.807, 2.05) is 0 Å². The van der Waals surface area contributed by atoms with E-state index in [4.69, 9.17) is 0 Å². The van der Waals surface area contributed by atoms with Crippen LogP contribution in [0.5, 0.6) is 0 Å². The third-order valence-corrected chi connectivity index (χ3v) is 1.32. The van der Waals surface area contributed by atoms with Crippen molar-refractivity contribution in [3.05, 3.63) is 34.4 Å². The van der Waals surface area contributed by atoms with Crippen LogP contribution in [0.2, 0.25) is 0 Å². The zero-order valence-electron chi connectivity index (χ0n) is 6.02. The molecule has 0 fully saturated rings. The van der Waals surface area contributed by atoms with Crippen molar-refractivity contribution in [1.29, 1.82) is 0 Å². The normalized spacial score (nSPS) is 9.27. The van der Waals surface area contributed by atoms with Gasteiger partial charge in [0.2, 0.25) is 0 Å². The van der Waals surface area contributed by atoms with Gasteiger partial charge < -0.3 is 10.3 Å². The molecule has 0 heterocycles. The van der Waals surface area contributed by atoms with Gasteiger partial charge in [-0.15, -0.1) is 4.91 Å². The first-order valence-electron chi connectivity index (χ1n) is 3.08. The summed E-state index contributed by atoms with van der Waals surface area (Å²) in [6.45, 7) is 0. The molecule has 0 amide bonds. The summed E-state index contributed by atoms with van der Waals surface area (Å²) in [5.41, 5.74) is 0.841. The van der Waals surface area contributed by atoms with Crippen LogP contribution in [-0.2, 0) is 0 Å². The van der Waals surface area contributed by atoms with Gasteiger partial charge in [0.1, 0.15) is 5.69 Å². The smallest absolute Gasteiger partial charge is 0.108 e. The molecule has 4 nitrogen and oxygen atoms in total. The summed E-state index contributed by atoms with van der Waals surface area (Å²) in [4.78, 5) is 9.95. The quantitative estimate of drug-likeness (QED) is 0.480. The molecule has 0 aliphatic carbocycles. The molecular weight excluding hydrogens is 144 g/mol. The van der Waals surface area contributed by atoms with E-state index < -0.39 is 0 Å². The standard InChI is InChI=1S/C7H7N2O2/c1-9(11)7-4-2-6(8-10)3-5-7/h2-5H,1H3/q-1. The predicted molar refractivity (Wildman–Crippen MR) is 43.7 cm³/mol. The molecule has 0 aliphatic rings. The first-order chi connectivity index (χ1) is 5.24. The number of nitrogens with zero attached hydrogens (tertiary/aromatic N) is 2. The van der Waals surface area contributed by atoms with E-state index in [-0.39, 0.29) is 0 Å². The molecule has 0 atom stereocenters. The van der Waals surface area contributed by atoms with Gasteiger partial charge in [-0.3, -0.25) is 0 Å². The molecule has 0 aromatic heterocycles. The molecule has 0 radical (unpaired) electrons. The van der Waals surface area contributed by atoms with Crippen molar-refractivity contribution < 1.29 is 0 Å². The summed E-state index contributed by atoms with van der Waals surface area (Å²) in [6.07, 6.45) is 0. The van der Waals surface area contributed by atoms with Gasteiger partial charge in [0.05, 0.1) is 0 Å². The molecule has 1 aromatic carbocycles. The average Bonchev–Trinajstić information content (AvgIpc) is 2.05. The minimum Gasteiger partial charge on any atom is -0.758 e. The van der Waals surface area contributed by atoms with Crippen molar-refractivity contribution >= 4 is 11.4 Å². The summed E-state index contributed by atoms with van der Waals surface area (Å²) >= 11 is 0. The number of hydroxylamine groups is 1. The van der Waals surface area contributed by atoms with Gasteiger partial charge in [0.25, 0.3) is 0 Å². The van der Waals surface area contributed by atoms with Crippen molar-refractivity contribution in [1.82, 2.24) is 0 Å². The van der Waals surface area contributed by atoms with E-state index in [0.717, 1.165) is 0 Å². The van der Waals surface area contributed by atoms with Crippen LogP contribution in [-0.4, -0.2) is 7.05 Å². The lowest BCUT2D eigenvalue weighted by Gasteiger charge is -2.24. The largest absolute Gasteiger partial charge is 0.758 e. The second-order valence-electron chi connectivity index (χ2n) is 2.11. The first kappa shape index (κ1) is 7.68. The van der Waals surface area contributed by atoms with Crippen LogP contribution in [0.3, 0.4) is 0 Å². The van der Waals surface area contributed by atoms with E-state index >= 15 is 0 Å². The van der Waals surface area contributed by atoms with Gasteiger partial charge in [-0.05, 0) is 36.5 Å². The zero-order chi connectivity index (χ0) is 8.27. The highest BCUT2D eigenvalue weighted by atomic mass is 16.5. The zero-order valence-corrected chi connectivity index (χ0v) is 6.02. The number of anilines is 1. The first-order valence-corrected chi connectivity index (χ1v) is 3.08. The monoisotopic (exact) mass is 151 g/mol. The summed E-state index contributed by atoms with van der Waals surface area (Å²) in [5.74, 6) is 0. The van der Waals surface area contributed by atoms with Crippen LogP contribution in [0.25, 0.3) is 0 Å². The molecule has 1 aromatic rings. The second-order valence-corrected chi connectivity index (χ2v) is 2.11. The van der Waals surface area contributed by atoms with Crippen molar-refractivity contribution in [2.75, 3.05) is 12.1 Å². The molecule has 0 unspecified atom stereocenters. The maximum atomic E-state index is 10.7. The van der Waals surface area contributed by atoms with E-state index in [1.54, 1.807) is 12.1 Å². The number of hydrogen-bond acceptors (Lipinski definition) is 4. The lowest BCUT2D eigenvalue weighted by Crippen LogP contribution is -2.04. The van der Waals surface area contributed by atoms with Gasteiger partial charge in [-0.2, -0.15) is 0 Å². The van der Waals surface area contributed by atoms with Gasteiger partial charge in [0.15, 0.2) is 0 Å². The van der Waals surface area contributed by atoms with E-state index in [2.05, 4.69) is 5.18 Å². The van der Waals surface area contributed by atoms with Crippen LogP contribution in [0.4, 0.5) is 11.4 Å². The minimum absolute atomic E-state index is 0.329. The van der Waals surface area contributed by atoms with E-state index in [0.29, 0.717) is 16.4 Å². The molecule has 58 valence electrons. The highest BCUT2D eigenvalue weighted by Crippen LogP contribution is 2.17. The van der Waals surface area contributed by atoms with Crippen LogP contribution < -0.4 is 5.06 Å². The molecule has 0 bridgehead atoms. The molecule has 0 N–H and O–H groups in total. The third-order valence-electron chi connectivity index (χ3n) is 1.32. The summed E-state index contributed by atoms with van der Waals surface area (Å²) in [7, 11) is 1.39. The van der Waals surface area contributed by atoms with Crippen LogP contribution in [0.15, 0.2) is 29.4 Å². The second kappa shape index (κ2) is 3.12. The topological polar surface area (TPSA) is 55.7 Å². The number of hydrogen-bond donors (Lipinski definition) is 0. The Hall–Kier alpha value is -1.42.